The highest BCUT2D eigenvalue weighted by molar-refractivity contribution is 5.94. The number of amides is 1. The van der Waals surface area contributed by atoms with Gasteiger partial charge in [-0.15, -0.1) is 0 Å². The summed E-state index contributed by atoms with van der Waals surface area (Å²) in [5, 5.41) is 0. The van der Waals surface area contributed by atoms with Gasteiger partial charge in [-0.1, -0.05) is 6.07 Å². The molecular weight excluding hydrogens is 347 g/mol. The summed E-state index contributed by atoms with van der Waals surface area (Å²) in [6.45, 7) is 4.25. The van der Waals surface area contributed by atoms with Crippen molar-refractivity contribution in [3.8, 4) is 0 Å². The van der Waals surface area contributed by atoms with Crippen molar-refractivity contribution in [2.24, 2.45) is 0 Å². The maximum atomic E-state index is 13.3. The minimum Gasteiger partial charge on any atom is -0.373 e. The number of carbonyl (C=O) groups is 1. The van der Waals surface area contributed by atoms with E-state index in [1.165, 1.54) is 17.7 Å². The third-order valence-corrected chi connectivity index (χ3v) is 5.39. The van der Waals surface area contributed by atoms with Crippen LogP contribution in [0.15, 0.2) is 42.7 Å². The smallest absolute Gasteiger partial charge is 0.254 e. The van der Waals surface area contributed by atoms with E-state index in [1.54, 1.807) is 23.2 Å². The van der Waals surface area contributed by atoms with E-state index in [-0.39, 0.29) is 17.6 Å². The summed E-state index contributed by atoms with van der Waals surface area (Å²) in [6, 6.07) is 7.79. The van der Waals surface area contributed by atoms with Crippen molar-refractivity contribution >= 4 is 5.91 Å². The normalized spacial score (nSPS) is 21.1. The Morgan fingerprint density at radius 2 is 2.26 bits per heavy atom. The molecule has 1 aromatic heterocycles. The van der Waals surface area contributed by atoms with Crippen molar-refractivity contribution in [2.75, 3.05) is 19.7 Å². The highest BCUT2D eigenvalue weighted by Gasteiger charge is 2.49. The van der Waals surface area contributed by atoms with Crippen LogP contribution in [-0.4, -0.2) is 47.2 Å². The number of hydrogen-bond acceptors (Lipinski definition) is 4. The van der Waals surface area contributed by atoms with Crippen LogP contribution in [0.1, 0.15) is 34.3 Å². The average molecular weight is 370 g/mol. The van der Waals surface area contributed by atoms with Crippen molar-refractivity contribution in [3.05, 3.63) is 65.2 Å². The number of nitrogens with zero attached hydrogens (tertiary/aromatic N) is 2. The van der Waals surface area contributed by atoms with E-state index in [4.69, 9.17) is 9.47 Å². The van der Waals surface area contributed by atoms with Crippen molar-refractivity contribution < 1.29 is 18.7 Å². The minimum atomic E-state index is -0.399. The number of hydrogen-bond donors (Lipinski definition) is 0. The molecule has 6 heteroatoms. The zero-order valence-electron chi connectivity index (χ0n) is 15.4. The van der Waals surface area contributed by atoms with Gasteiger partial charge in [-0.2, -0.15) is 0 Å². The van der Waals surface area contributed by atoms with Crippen LogP contribution in [0.4, 0.5) is 4.39 Å². The van der Waals surface area contributed by atoms with Crippen LogP contribution in [0, 0.1) is 12.7 Å². The maximum absolute atomic E-state index is 13.3. The Labute approximate surface area is 158 Å². The van der Waals surface area contributed by atoms with E-state index >= 15 is 0 Å². The van der Waals surface area contributed by atoms with Gasteiger partial charge >= 0.3 is 0 Å². The Balaban J connectivity index is 1.33. The predicted octanol–water partition coefficient (Wildman–Crippen LogP) is 3.12. The molecule has 0 saturated carbocycles. The molecular formula is C21H23FN2O3. The first-order valence-electron chi connectivity index (χ1n) is 9.25. The first-order valence-corrected chi connectivity index (χ1v) is 9.25. The lowest BCUT2D eigenvalue weighted by Gasteiger charge is -2.53. The van der Waals surface area contributed by atoms with E-state index in [9.17, 15) is 9.18 Å². The molecule has 2 aliphatic rings. The number of halogens is 1. The lowest BCUT2D eigenvalue weighted by atomic mass is 9.84. The Kier molecular flexibility index (Phi) is 4.93. The van der Waals surface area contributed by atoms with Crippen molar-refractivity contribution in [1.29, 1.82) is 0 Å². The fraction of sp³-hybridized carbons (Fsp3) is 0.429. The third-order valence-electron chi connectivity index (χ3n) is 5.39. The number of aryl methyl sites for hydroxylation is 1. The molecule has 0 radical (unpaired) electrons. The summed E-state index contributed by atoms with van der Waals surface area (Å²) in [5.74, 6) is -0.554. The molecule has 4 rings (SSSR count). The van der Waals surface area contributed by atoms with Crippen molar-refractivity contribution in [2.45, 2.75) is 38.1 Å². The van der Waals surface area contributed by atoms with Crippen LogP contribution < -0.4 is 0 Å². The maximum Gasteiger partial charge on any atom is 0.254 e. The highest BCUT2D eigenvalue weighted by Crippen LogP contribution is 2.36. The van der Waals surface area contributed by atoms with Gasteiger partial charge in [0.15, 0.2) is 0 Å². The quantitative estimate of drug-likeness (QED) is 0.830. The molecule has 5 nitrogen and oxygen atoms in total. The van der Waals surface area contributed by atoms with E-state index in [2.05, 4.69) is 4.98 Å². The Bertz CT molecular complexity index is 836. The van der Waals surface area contributed by atoms with Crippen molar-refractivity contribution in [1.82, 2.24) is 9.88 Å². The van der Waals surface area contributed by atoms with E-state index in [0.717, 1.165) is 18.4 Å². The monoisotopic (exact) mass is 370 g/mol. The van der Waals surface area contributed by atoms with Gasteiger partial charge in [0.1, 0.15) is 11.4 Å². The standard InChI is InChI=1S/C21H23FN2O3/c1-15-5-7-23-11-17(15)12-26-19-6-8-27-21(10-19)13-24(14-21)20(25)16-3-2-4-18(22)9-16/h2-5,7,9,11,19H,6,8,10,12-14H2,1H3. The fourth-order valence-electron chi connectivity index (χ4n) is 3.80. The van der Waals surface area contributed by atoms with Gasteiger partial charge in [0, 0.05) is 31.0 Å². The summed E-state index contributed by atoms with van der Waals surface area (Å²) in [7, 11) is 0. The summed E-state index contributed by atoms with van der Waals surface area (Å²) >= 11 is 0. The molecule has 1 spiro atoms. The van der Waals surface area contributed by atoms with Crippen LogP contribution in [0.5, 0.6) is 0 Å². The van der Waals surface area contributed by atoms with Gasteiger partial charge in [0.05, 0.1) is 25.8 Å². The molecule has 0 bridgehead atoms. The van der Waals surface area contributed by atoms with Gasteiger partial charge < -0.3 is 14.4 Å². The number of pyridine rings is 1. The number of carbonyl (C=O) groups excluding carboxylic acids is 1. The van der Waals surface area contributed by atoms with Crippen LogP contribution in [0.2, 0.25) is 0 Å². The van der Waals surface area contributed by atoms with Gasteiger partial charge in [0.25, 0.3) is 5.91 Å². The molecule has 1 amide bonds. The third kappa shape index (κ3) is 3.87. The number of ether oxygens (including phenoxy) is 2. The Hall–Kier alpha value is -2.31. The second-order valence-electron chi connectivity index (χ2n) is 7.43. The van der Waals surface area contributed by atoms with E-state index < -0.39 is 5.82 Å². The summed E-state index contributed by atoms with van der Waals surface area (Å²) < 4.78 is 25.4. The molecule has 2 aliphatic heterocycles. The fourth-order valence-corrected chi connectivity index (χ4v) is 3.80. The lowest BCUT2D eigenvalue weighted by Crippen LogP contribution is -2.67. The number of likely N-dealkylation sites (tertiary alicyclic amines) is 1. The van der Waals surface area contributed by atoms with Gasteiger partial charge in [-0.3, -0.25) is 9.78 Å². The van der Waals surface area contributed by atoms with Crippen LogP contribution in [0.3, 0.4) is 0 Å². The molecule has 0 N–H and O–H groups in total. The molecule has 1 atom stereocenters. The molecule has 1 unspecified atom stereocenters. The van der Waals surface area contributed by atoms with Crippen LogP contribution in [-0.2, 0) is 16.1 Å². The summed E-state index contributed by atoms with van der Waals surface area (Å²) in [4.78, 5) is 18.4. The Morgan fingerprint density at radius 1 is 1.41 bits per heavy atom. The van der Waals surface area contributed by atoms with Gasteiger partial charge in [0.2, 0.25) is 0 Å². The second-order valence-corrected chi connectivity index (χ2v) is 7.43. The number of aromatic nitrogens is 1. The zero-order valence-corrected chi connectivity index (χ0v) is 15.4. The minimum absolute atomic E-state index is 0.102. The molecule has 142 valence electrons. The topological polar surface area (TPSA) is 51.7 Å². The SMILES string of the molecule is Cc1ccncc1COC1CCOC2(C1)CN(C(=O)c1cccc(F)c1)C2. The first-order chi connectivity index (χ1) is 13.0. The molecule has 2 aromatic rings. The molecule has 0 aliphatic carbocycles. The summed E-state index contributed by atoms with van der Waals surface area (Å²) in [6.07, 6.45) is 5.33. The van der Waals surface area contributed by atoms with Gasteiger partial charge in [-0.05, 0) is 48.7 Å². The molecule has 2 saturated heterocycles. The number of rotatable bonds is 4. The van der Waals surface area contributed by atoms with Crippen LogP contribution >= 0.6 is 0 Å². The largest absolute Gasteiger partial charge is 0.373 e. The number of benzene rings is 1. The highest BCUT2D eigenvalue weighted by atomic mass is 19.1. The second kappa shape index (κ2) is 7.37. The molecule has 3 heterocycles. The predicted molar refractivity (Wildman–Crippen MR) is 97.8 cm³/mol. The van der Waals surface area contributed by atoms with E-state index in [1.807, 2.05) is 19.2 Å². The first kappa shape index (κ1) is 18.1. The lowest BCUT2D eigenvalue weighted by molar-refractivity contribution is -0.188. The van der Waals surface area contributed by atoms with E-state index in [0.29, 0.717) is 31.9 Å². The van der Waals surface area contributed by atoms with Gasteiger partial charge in [-0.25, -0.2) is 4.39 Å². The van der Waals surface area contributed by atoms with Crippen molar-refractivity contribution in [3.63, 3.8) is 0 Å². The molecule has 1 aromatic carbocycles. The Morgan fingerprint density at radius 3 is 3.04 bits per heavy atom. The average Bonchev–Trinajstić information content (AvgIpc) is 2.65. The van der Waals surface area contributed by atoms with Crippen LogP contribution in [0.25, 0.3) is 0 Å². The molecule has 2 fully saturated rings. The summed E-state index contributed by atoms with van der Waals surface area (Å²) in [5.41, 5.74) is 2.30. The zero-order chi connectivity index (χ0) is 18.9. The molecule has 27 heavy (non-hydrogen) atoms.